The second-order valence-electron chi connectivity index (χ2n) is 3.43. The van der Waals surface area contributed by atoms with Crippen LogP contribution < -0.4 is 5.32 Å². The van der Waals surface area contributed by atoms with Gasteiger partial charge in [0.15, 0.2) is 5.82 Å². The maximum Gasteiger partial charge on any atom is 0.193 e. The molecule has 17 heavy (non-hydrogen) atoms. The van der Waals surface area contributed by atoms with Gasteiger partial charge in [-0.25, -0.2) is 4.98 Å². The first kappa shape index (κ1) is 9.64. The van der Waals surface area contributed by atoms with Crippen LogP contribution in [0.1, 0.15) is 5.82 Å². The highest BCUT2D eigenvalue weighted by Crippen LogP contribution is 2.11. The molecule has 0 radical (unpaired) electrons. The Balaban J connectivity index is 1.81. The normalized spacial score (nSPS) is 10.6. The van der Waals surface area contributed by atoms with E-state index in [-0.39, 0.29) is 0 Å². The first-order valence-electron chi connectivity index (χ1n) is 5.10. The van der Waals surface area contributed by atoms with Gasteiger partial charge in [-0.1, -0.05) is 17.3 Å². The molecular weight excluding hydrogens is 218 g/mol. The van der Waals surface area contributed by atoms with Crippen LogP contribution in [0.15, 0.2) is 30.5 Å². The number of aromatic nitrogens is 6. The number of hydrogen-bond donors (Lipinski definition) is 2. The molecule has 2 aromatic heterocycles. The van der Waals surface area contributed by atoms with E-state index < -0.39 is 0 Å². The van der Waals surface area contributed by atoms with Gasteiger partial charge in [0.05, 0.1) is 23.8 Å². The topological polar surface area (TPSA) is 92.3 Å². The Morgan fingerprint density at radius 2 is 2.06 bits per heavy atom. The molecule has 0 aliphatic heterocycles. The van der Waals surface area contributed by atoms with E-state index in [0.717, 1.165) is 11.0 Å². The van der Waals surface area contributed by atoms with Crippen LogP contribution in [-0.2, 0) is 6.54 Å². The number of anilines is 1. The minimum absolute atomic E-state index is 0.462. The third-order valence-electron chi connectivity index (χ3n) is 2.27. The lowest BCUT2D eigenvalue weighted by atomic mass is 10.3. The third-order valence-corrected chi connectivity index (χ3v) is 2.27. The molecule has 0 spiro atoms. The summed E-state index contributed by atoms with van der Waals surface area (Å²) in [6.07, 6.45) is 1.68. The molecule has 0 saturated carbocycles. The van der Waals surface area contributed by atoms with Gasteiger partial charge in [-0.3, -0.25) is 4.98 Å². The van der Waals surface area contributed by atoms with Crippen molar-refractivity contribution in [3.05, 3.63) is 36.3 Å². The zero-order chi connectivity index (χ0) is 11.5. The first-order chi connectivity index (χ1) is 8.42. The van der Waals surface area contributed by atoms with E-state index in [9.17, 15) is 0 Å². The summed E-state index contributed by atoms with van der Waals surface area (Å²) in [7, 11) is 0. The molecule has 2 heterocycles. The summed E-state index contributed by atoms with van der Waals surface area (Å²) in [4.78, 5) is 8.71. The van der Waals surface area contributed by atoms with Gasteiger partial charge in [-0.2, -0.15) is 5.21 Å². The van der Waals surface area contributed by atoms with Crippen molar-refractivity contribution in [3.63, 3.8) is 0 Å². The SMILES string of the molecule is c1ccc2nc(NCc3nn[nH]n3)cnc2c1. The van der Waals surface area contributed by atoms with E-state index in [2.05, 4.69) is 35.9 Å². The van der Waals surface area contributed by atoms with Gasteiger partial charge in [-0.05, 0) is 12.1 Å². The van der Waals surface area contributed by atoms with Crippen LogP contribution in [0.2, 0.25) is 0 Å². The Bertz CT molecular complexity index is 619. The maximum atomic E-state index is 4.41. The van der Waals surface area contributed by atoms with Gasteiger partial charge in [0, 0.05) is 0 Å². The summed E-state index contributed by atoms with van der Waals surface area (Å²) < 4.78 is 0. The quantitative estimate of drug-likeness (QED) is 0.686. The fourth-order valence-electron chi connectivity index (χ4n) is 1.47. The predicted octanol–water partition coefficient (Wildman–Crippen LogP) is 0.755. The van der Waals surface area contributed by atoms with Gasteiger partial charge in [-0.15, -0.1) is 10.2 Å². The number of hydrogen-bond acceptors (Lipinski definition) is 6. The molecule has 2 N–H and O–H groups in total. The Morgan fingerprint density at radius 3 is 2.88 bits per heavy atom. The summed E-state index contributed by atoms with van der Waals surface area (Å²) in [5, 5.41) is 16.6. The van der Waals surface area contributed by atoms with Gasteiger partial charge in [0.1, 0.15) is 5.82 Å². The number of benzene rings is 1. The number of para-hydroxylation sites is 2. The minimum Gasteiger partial charge on any atom is -0.361 e. The zero-order valence-electron chi connectivity index (χ0n) is 8.83. The lowest BCUT2D eigenvalue weighted by molar-refractivity contribution is 0.881. The highest BCUT2D eigenvalue weighted by atomic mass is 15.5. The van der Waals surface area contributed by atoms with Gasteiger partial charge >= 0.3 is 0 Å². The Hall–Kier alpha value is -2.57. The monoisotopic (exact) mass is 227 g/mol. The largest absolute Gasteiger partial charge is 0.361 e. The van der Waals surface area contributed by atoms with Crippen molar-refractivity contribution in [2.75, 3.05) is 5.32 Å². The van der Waals surface area contributed by atoms with E-state index in [4.69, 9.17) is 0 Å². The maximum absolute atomic E-state index is 4.41. The summed E-state index contributed by atoms with van der Waals surface area (Å²) in [5.41, 5.74) is 1.73. The van der Waals surface area contributed by atoms with E-state index in [1.54, 1.807) is 6.20 Å². The van der Waals surface area contributed by atoms with Crippen LogP contribution in [0.4, 0.5) is 5.82 Å². The highest BCUT2D eigenvalue weighted by Gasteiger charge is 2.01. The number of tetrazole rings is 1. The van der Waals surface area contributed by atoms with Crippen molar-refractivity contribution in [1.82, 2.24) is 30.6 Å². The second kappa shape index (κ2) is 4.12. The summed E-state index contributed by atoms with van der Waals surface area (Å²) in [6, 6.07) is 7.70. The van der Waals surface area contributed by atoms with E-state index in [0.29, 0.717) is 18.2 Å². The summed E-state index contributed by atoms with van der Waals surface area (Å²) in [5.74, 6) is 1.27. The van der Waals surface area contributed by atoms with Crippen LogP contribution in [0.3, 0.4) is 0 Å². The molecule has 3 rings (SSSR count). The summed E-state index contributed by atoms with van der Waals surface area (Å²) in [6.45, 7) is 0.462. The molecule has 3 aromatic rings. The van der Waals surface area contributed by atoms with Crippen LogP contribution in [-0.4, -0.2) is 30.6 Å². The number of fused-ring (bicyclic) bond motifs is 1. The molecule has 0 bridgehead atoms. The molecule has 1 aromatic carbocycles. The van der Waals surface area contributed by atoms with Crippen LogP contribution in [0.25, 0.3) is 11.0 Å². The fraction of sp³-hybridized carbons (Fsp3) is 0.100. The predicted molar refractivity (Wildman–Crippen MR) is 61.0 cm³/mol. The fourth-order valence-corrected chi connectivity index (χ4v) is 1.47. The van der Waals surface area contributed by atoms with Gasteiger partial charge < -0.3 is 5.32 Å². The summed E-state index contributed by atoms with van der Waals surface area (Å²) >= 11 is 0. The molecule has 84 valence electrons. The smallest absolute Gasteiger partial charge is 0.193 e. The Kier molecular flexibility index (Phi) is 2.34. The highest BCUT2D eigenvalue weighted by molar-refractivity contribution is 5.75. The molecule has 0 amide bonds. The zero-order valence-corrected chi connectivity index (χ0v) is 8.83. The average molecular weight is 227 g/mol. The van der Waals surface area contributed by atoms with Crippen molar-refractivity contribution >= 4 is 16.9 Å². The van der Waals surface area contributed by atoms with Crippen LogP contribution in [0, 0.1) is 0 Å². The molecule has 0 fully saturated rings. The number of aromatic amines is 1. The van der Waals surface area contributed by atoms with E-state index in [1.807, 2.05) is 24.3 Å². The van der Waals surface area contributed by atoms with Crippen molar-refractivity contribution in [1.29, 1.82) is 0 Å². The van der Waals surface area contributed by atoms with Crippen molar-refractivity contribution in [2.45, 2.75) is 6.54 Å². The average Bonchev–Trinajstić information content (AvgIpc) is 2.89. The minimum atomic E-state index is 0.462. The molecule has 7 nitrogen and oxygen atoms in total. The van der Waals surface area contributed by atoms with Crippen LogP contribution in [0.5, 0.6) is 0 Å². The molecule has 0 aliphatic rings. The Labute approximate surface area is 96.3 Å². The second-order valence-corrected chi connectivity index (χ2v) is 3.43. The molecule has 0 unspecified atom stereocenters. The van der Waals surface area contributed by atoms with E-state index in [1.165, 1.54) is 0 Å². The van der Waals surface area contributed by atoms with Crippen molar-refractivity contribution < 1.29 is 0 Å². The van der Waals surface area contributed by atoms with E-state index >= 15 is 0 Å². The molecule has 0 aliphatic carbocycles. The van der Waals surface area contributed by atoms with Gasteiger partial charge in [0.2, 0.25) is 0 Å². The standard InChI is InChI=1S/C10H9N7/c1-2-4-8-7(3-1)11-5-9(13-8)12-6-10-14-16-17-15-10/h1-5H,6H2,(H,12,13)(H,14,15,16,17). The Morgan fingerprint density at radius 1 is 1.18 bits per heavy atom. The lowest BCUT2D eigenvalue weighted by Crippen LogP contribution is -2.03. The number of nitrogens with one attached hydrogen (secondary N) is 2. The third kappa shape index (κ3) is 2.03. The molecular formula is C10H9N7. The molecule has 0 atom stereocenters. The molecule has 7 heteroatoms. The molecule has 0 saturated heterocycles. The number of nitrogens with zero attached hydrogens (tertiary/aromatic N) is 5. The van der Waals surface area contributed by atoms with Gasteiger partial charge in [0.25, 0.3) is 0 Å². The van der Waals surface area contributed by atoms with Crippen LogP contribution >= 0.6 is 0 Å². The van der Waals surface area contributed by atoms with Crippen molar-refractivity contribution in [2.24, 2.45) is 0 Å². The number of H-pyrrole nitrogens is 1. The number of rotatable bonds is 3. The van der Waals surface area contributed by atoms with Crippen molar-refractivity contribution in [3.8, 4) is 0 Å². The lowest BCUT2D eigenvalue weighted by Gasteiger charge is -2.03. The first-order valence-corrected chi connectivity index (χ1v) is 5.10.